The second kappa shape index (κ2) is 7.46. The zero-order valence-corrected chi connectivity index (χ0v) is 10.9. The number of alkyl halides is 3. The van der Waals surface area contributed by atoms with E-state index in [4.69, 9.17) is 5.73 Å². The van der Waals surface area contributed by atoms with Gasteiger partial charge in [0.25, 0.3) is 5.91 Å². The van der Waals surface area contributed by atoms with E-state index in [0.717, 1.165) is 0 Å². The molecule has 0 unspecified atom stereocenters. The van der Waals surface area contributed by atoms with Gasteiger partial charge >= 0.3 is 6.18 Å². The van der Waals surface area contributed by atoms with Gasteiger partial charge in [-0.3, -0.25) is 9.59 Å². The molecule has 6 nitrogen and oxygen atoms in total. The molecule has 0 fully saturated rings. The van der Waals surface area contributed by atoms with E-state index in [1.807, 2.05) is 0 Å². The van der Waals surface area contributed by atoms with Gasteiger partial charge in [0.2, 0.25) is 11.8 Å². The lowest BCUT2D eigenvalue weighted by atomic mass is 10.2. The van der Waals surface area contributed by atoms with Gasteiger partial charge in [-0.25, -0.2) is 4.98 Å². The van der Waals surface area contributed by atoms with E-state index < -0.39 is 30.5 Å². The minimum atomic E-state index is -4.52. The van der Waals surface area contributed by atoms with Crippen LogP contribution in [0.4, 0.5) is 13.2 Å². The molecule has 1 heterocycles. The molecule has 0 aliphatic carbocycles. The number of nitrogens with one attached hydrogen (secondary N) is 1. The number of hydrogen-bond donors (Lipinski definition) is 2. The molecule has 0 saturated heterocycles. The number of ether oxygens (including phenoxy) is 1. The third-order valence-electron chi connectivity index (χ3n) is 2.27. The summed E-state index contributed by atoms with van der Waals surface area (Å²) in [7, 11) is 0. The SMILES string of the molecule is NC(=O)CCCNC(=O)c1cccnc1OCC(F)(F)F. The Hall–Kier alpha value is -2.32. The maximum absolute atomic E-state index is 12.1. The molecular formula is C12H14F3N3O3. The largest absolute Gasteiger partial charge is 0.467 e. The number of carbonyl (C=O) groups is 2. The van der Waals surface area contributed by atoms with Gasteiger partial charge in [0.1, 0.15) is 5.56 Å². The van der Waals surface area contributed by atoms with Crippen LogP contribution in [0, 0.1) is 0 Å². The summed E-state index contributed by atoms with van der Waals surface area (Å²) in [6.07, 6.45) is -2.87. The van der Waals surface area contributed by atoms with Gasteiger partial charge in [0, 0.05) is 19.2 Å². The fourth-order valence-electron chi connectivity index (χ4n) is 1.39. The topological polar surface area (TPSA) is 94.3 Å². The Kier molecular flexibility index (Phi) is 5.94. The van der Waals surface area contributed by atoms with Gasteiger partial charge in [-0.2, -0.15) is 13.2 Å². The average Bonchev–Trinajstić information content (AvgIpc) is 2.40. The van der Waals surface area contributed by atoms with Gasteiger partial charge in [0.05, 0.1) is 0 Å². The van der Waals surface area contributed by atoms with E-state index in [1.54, 1.807) is 0 Å². The molecule has 1 aromatic rings. The normalized spacial score (nSPS) is 11.0. The van der Waals surface area contributed by atoms with E-state index >= 15 is 0 Å². The van der Waals surface area contributed by atoms with Crippen LogP contribution in [-0.2, 0) is 4.79 Å². The monoisotopic (exact) mass is 305 g/mol. The Morgan fingerprint density at radius 2 is 2.10 bits per heavy atom. The van der Waals surface area contributed by atoms with Gasteiger partial charge in [-0.05, 0) is 18.6 Å². The standard InChI is InChI=1S/C12H14F3N3O3/c13-12(14,15)7-21-11-8(3-1-6-18-11)10(20)17-5-2-4-9(16)19/h1,3,6H,2,4-5,7H2,(H2,16,19)(H,17,20). The van der Waals surface area contributed by atoms with Crippen molar-refractivity contribution in [3.63, 3.8) is 0 Å². The quantitative estimate of drug-likeness (QED) is 0.735. The number of hydrogen-bond acceptors (Lipinski definition) is 4. The Bertz CT molecular complexity index is 506. The predicted molar refractivity (Wildman–Crippen MR) is 66.5 cm³/mol. The number of nitrogens with zero attached hydrogens (tertiary/aromatic N) is 1. The molecule has 0 bridgehead atoms. The van der Waals surface area contributed by atoms with Crippen molar-refractivity contribution in [2.45, 2.75) is 19.0 Å². The van der Waals surface area contributed by atoms with Crippen LogP contribution < -0.4 is 15.8 Å². The first-order chi connectivity index (χ1) is 9.79. The molecule has 116 valence electrons. The number of rotatable bonds is 7. The lowest BCUT2D eigenvalue weighted by molar-refractivity contribution is -0.154. The summed E-state index contributed by atoms with van der Waals surface area (Å²) >= 11 is 0. The van der Waals surface area contributed by atoms with Crippen LogP contribution >= 0.6 is 0 Å². The molecule has 0 aliphatic rings. The summed E-state index contributed by atoms with van der Waals surface area (Å²) in [5, 5.41) is 2.44. The molecule has 0 atom stereocenters. The fourth-order valence-corrected chi connectivity index (χ4v) is 1.39. The van der Waals surface area contributed by atoms with Crippen molar-refractivity contribution in [1.82, 2.24) is 10.3 Å². The number of nitrogens with two attached hydrogens (primary N) is 1. The average molecular weight is 305 g/mol. The van der Waals surface area contributed by atoms with Crippen molar-refractivity contribution < 1.29 is 27.5 Å². The summed E-state index contributed by atoms with van der Waals surface area (Å²) in [6, 6.07) is 2.70. The minimum Gasteiger partial charge on any atom is -0.467 e. The number of aromatic nitrogens is 1. The summed E-state index contributed by atoms with van der Waals surface area (Å²) in [6.45, 7) is -1.37. The zero-order valence-electron chi connectivity index (χ0n) is 10.9. The molecule has 9 heteroatoms. The van der Waals surface area contributed by atoms with Crippen molar-refractivity contribution in [2.75, 3.05) is 13.2 Å². The lowest BCUT2D eigenvalue weighted by Crippen LogP contribution is -2.27. The third-order valence-corrected chi connectivity index (χ3v) is 2.27. The Labute approximate surface area is 118 Å². The van der Waals surface area contributed by atoms with Crippen LogP contribution in [0.5, 0.6) is 5.88 Å². The number of halogens is 3. The smallest absolute Gasteiger partial charge is 0.422 e. The molecule has 3 N–H and O–H groups in total. The Balaban J connectivity index is 2.60. The van der Waals surface area contributed by atoms with E-state index in [9.17, 15) is 22.8 Å². The first-order valence-electron chi connectivity index (χ1n) is 6.00. The Morgan fingerprint density at radius 3 is 2.71 bits per heavy atom. The molecule has 2 amide bonds. The summed E-state index contributed by atoms with van der Waals surface area (Å²) < 4.78 is 40.8. The van der Waals surface area contributed by atoms with Crippen molar-refractivity contribution in [3.05, 3.63) is 23.9 Å². The molecule has 21 heavy (non-hydrogen) atoms. The molecule has 0 spiro atoms. The molecule has 1 aromatic heterocycles. The van der Waals surface area contributed by atoms with Crippen molar-refractivity contribution >= 4 is 11.8 Å². The van der Waals surface area contributed by atoms with E-state index in [1.165, 1.54) is 18.3 Å². The second-order valence-electron chi connectivity index (χ2n) is 4.09. The molecule has 1 rings (SSSR count). The summed E-state index contributed by atoms with van der Waals surface area (Å²) in [5.41, 5.74) is 4.83. The zero-order chi connectivity index (χ0) is 15.9. The molecule has 0 radical (unpaired) electrons. The summed E-state index contributed by atoms with van der Waals surface area (Å²) in [4.78, 5) is 25.9. The molecule has 0 saturated carbocycles. The van der Waals surface area contributed by atoms with Crippen LogP contribution in [0.1, 0.15) is 23.2 Å². The highest BCUT2D eigenvalue weighted by atomic mass is 19.4. The van der Waals surface area contributed by atoms with Gasteiger partial charge in [0.15, 0.2) is 6.61 Å². The summed E-state index contributed by atoms with van der Waals surface area (Å²) in [5.74, 6) is -1.54. The first kappa shape index (κ1) is 16.7. The van der Waals surface area contributed by atoms with Crippen molar-refractivity contribution in [2.24, 2.45) is 5.73 Å². The molecule has 0 aliphatic heterocycles. The maximum atomic E-state index is 12.1. The van der Waals surface area contributed by atoms with Gasteiger partial charge in [-0.1, -0.05) is 0 Å². The molecule has 0 aromatic carbocycles. The van der Waals surface area contributed by atoms with Gasteiger partial charge < -0.3 is 15.8 Å². The van der Waals surface area contributed by atoms with E-state index in [2.05, 4.69) is 15.0 Å². The van der Waals surface area contributed by atoms with Crippen LogP contribution in [0.25, 0.3) is 0 Å². The van der Waals surface area contributed by atoms with Gasteiger partial charge in [-0.15, -0.1) is 0 Å². The number of pyridine rings is 1. The maximum Gasteiger partial charge on any atom is 0.422 e. The fraction of sp³-hybridized carbons (Fsp3) is 0.417. The minimum absolute atomic E-state index is 0.102. The van der Waals surface area contributed by atoms with Crippen molar-refractivity contribution in [1.29, 1.82) is 0 Å². The van der Waals surface area contributed by atoms with Crippen LogP contribution in [0.15, 0.2) is 18.3 Å². The van der Waals surface area contributed by atoms with Crippen molar-refractivity contribution in [3.8, 4) is 5.88 Å². The number of carbonyl (C=O) groups excluding carboxylic acids is 2. The first-order valence-corrected chi connectivity index (χ1v) is 6.00. The highest BCUT2D eigenvalue weighted by Gasteiger charge is 2.29. The van der Waals surface area contributed by atoms with E-state index in [0.29, 0.717) is 6.42 Å². The highest BCUT2D eigenvalue weighted by Crippen LogP contribution is 2.19. The lowest BCUT2D eigenvalue weighted by Gasteiger charge is -2.11. The number of amides is 2. The number of primary amides is 1. The Morgan fingerprint density at radius 1 is 1.38 bits per heavy atom. The predicted octanol–water partition coefficient (Wildman–Crippen LogP) is 1.02. The van der Waals surface area contributed by atoms with Crippen LogP contribution in [-0.4, -0.2) is 36.1 Å². The van der Waals surface area contributed by atoms with Crippen LogP contribution in [0.3, 0.4) is 0 Å². The second-order valence-corrected chi connectivity index (χ2v) is 4.09. The van der Waals surface area contributed by atoms with E-state index in [-0.39, 0.29) is 18.5 Å². The van der Waals surface area contributed by atoms with Crippen LogP contribution in [0.2, 0.25) is 0 Å². The third kappa shape index (κ3) is 6.59. The highest BCUT2D eigenvalue weighted by molar-refractivity contribution is 5.96. The molecular weight excluding hydrogens is 291 g/mol.